The summed E-state index contributed by atoms with van der Waals surface area (Å²) in [4.78, 5) is 39.6. The van der Waals surface area contributed by atoms with E-state index in [0.717, 1.165) is 0 Å². The largest absolute Gasteiger partial charge is 0.358 e. The molecule has 132 valence electrons. The number of nitrogens with zero attached hydrogens (tertiary/aromatic N) is 4. The molecule has 8 nitrogen and oxygen atoms in total. The molecule has 1 aromatic heterocycles. The molecular weight excluding hydrogens is 322 g/mol. The fourth-order valence-corrected chi connectivity index (χ4v) is 2.95. The number of fused-ring (bicyclic) bond motifs is 1. The second-order valence-electron chi connectivity index (χ2n) is 6.01. The van der Waals surface area contributed by atoms with Gasteiger partial charge in [-0.3, -0.25) is 24.0 Å². The Hall–Kier alpha value is -2.74. The monoisotopic (exact) mass is 343 g/mol. The molecule has 2 heterocycles. The maximum Gasteiger partial charge on any atom is 0.244 e. The second kappa shape index (κ2) is 7.43. The highest BCUT2D eigenvalue weighted by atomic mass is 16.2. The molecule has 0 aliphatic carbocycles. The first-order chi connectivity index (χ1) is 12.1. The molecule has 0 radical (unpaired) electrons. The van der Waals surface area contributed by atoms with Crippen LogP contribution in [0.5, 0.6) is 0 Å². The Kier molecular flexibility index (Phi) is 5.08. The van der Waals surface area contributed by atoms with Crippen molar-refractivity contribution in [3.8, 4) is 0 Å². The lowest BCUT2D eigenvalue weighted by atomic mass is 10.2. The van der Waals surface area contributed by atoms with Crippen LogP contribution in [0.25, 0.3) is 10.9 Å². The number of piperazine rings is 1. The highest BCUT2D eigenvalue weighted by Gasteiger charge is 2.22. The van der Waals surface area contributed by atoms with Crippen LogP contribution >= 0.6 is 0 Å². The minimum atomic E-state index is -0.151. The average molecular weight is 343 g/mol. The molecule has 0 spiro atoms. The lowest BCUT2D eigenvalue weighted by molar-refractivity contribution is -0.134. The maximum atomic E-state index is 12.6. The fraction of sp³-hybridized carbons (Fsp3) is 0.412. The Morgan fingerprint density at radius 3 is 2.56 bits per heavy atom. The van der Waals surface area contributed by atoms with Gasteiger partial charge in [0, 0.05) is 38.6 Å². The van der Waals surface area contributed by atoms with Crippen LogP contribution in [0, 0.1) is 0 Å². The van der Waals surface area contributed by atoms with Crippen LogP contribution in [0.15, 0.2) is 35.3 Å². The molecule has 1 aromatic carbocycles. The number of rotatable bonds is 4. The van der Waals surface area contributed by atoms with Crippen molar-refractivity contribution in [2.24, 2.45) is 0 Å². The maximum absolute atomic E-state index is 12.6. The number of hydrogen-bond donors (Lipinski definition) is 1. The van der Waals surface area contributed by atoms with Crippen molar-refractivity contribution in [1.29, 1.82) is 0 Å². The molecule has 0 atom stereocenters. The first kappa shape index (κ1) is 17.1. The van der Waals surface area contributed by atoms with Gasteiger partial charge in [-0.05, 0) is 12.1 Å². The molecular formula is C17H21N5O3. The topological polar surface area (TPSA) is 87.5 Å². The SMILES string of the molecule is CNC(=O)CN1CCN(C(=O)Cn2ncc(=O)c3ccccc32)CC1. The highest BCUT2D eigenvalue weighted by Crippen LogP contribution is 2.09. The number of benzene rings is 1. The van der Waals surface area contributed by atoms with Gasteiger partial charge in [0.15, 0.2) is 0 Å². The van der Waals surface area contributed by atoms with Gasteiger partial charge < -0.3 is 10.2 Å². The Labute approximate surface area is 145 Å². The summed E-state index contributed by atoms with van der Waals surface area (Å²) in [5.74, 6) is -0.0652. The van der Waals surface area contributed by atoms with Gasteiger partial charge in [0.1, 0.15) is 6.54 Å². The number of hydrogen-bond acceptors (Lipinski definition) is 5. The molecule has 0 bridgehead atoms. The predicted octanol–water partition coefficient (Wildman–Crippen LogP) is -0.713. The minimum Gasteiger partial charge on any atom is -0.358 e. The molecule has 3 rings (SSSR count). The van der Waals surface area contributed by atoms with Crippen LogP contribution in [-0.2, 0) is 16.1 Å². The van der Waals surface area contributed by atoms with Crippen LogP contribution in [-0.4, -0.2) is 71.2 Å². The summed E-state index contributed by atoms with van der Waals surface area (Å²) >= 11 is 0. The first-order valence-electron chi connectivity index (χ1n) is 8.24. The smallest absolute Gasteiger partial charge is 0.244 e. The number of nitrogens with one attached hydrogen (secondary N) is 1. The van der Waals surface area contributed by atoms with Crippen molar-refractivity contribution in [3.05, 3.63) is 40.7 Å². The fourth-order valence-electron chi connectivity index (χ4n) is 2.95. The van der Waals surface area contributed by atoms with Gasteiger partial charge in [0.05, 0.1) is 18.3 Å². The van der Waals surface area contributed by atoms with Gasteiger partial charge in [0.25, 0.3) is 0 Å². The van der Waals surface area contributed by atoms with E-state index in [-0.39, 0.29) is 23.8 Å². The normalized spacial score (nSPS) is 15.3. The average Bonchev–Trinajstić information content (AvgIpc) is 2.64. The van der Waals surface area contributed by atoms with E-state index in [0.29, 0.717) is 43.6 Å². The number of likely N-dealkylation sites (N-methyl/N-ethyl adjacent to an activating group) is 1. The van der Waals surface area contributed by atoms with E-state index in [1.807, 2.05) is 11.0 Å². The summed E-state index contributed by atoms with van der Waals surface area (Å²) in [5.41, 5.74) is 0.503. The number of aromatic nitrogens is 2. The van der Waals surface area contributed by atoms with E-state index in [9.17, 15) is 14.4 Å². The zero-order valence-corrected chi connectivity index (χ0v) is 14.1. The number of para-hydroxylation sites is 1. The molecule has 1 saturated heterocycles. The van der Waals surface area contributed by atoms with Gasteiger partial charge in [-0.25, -0.2) is 0 Å². The van der Waals surface area contributed by atoms with E-state index in [1.54, 1.807) is 34.8 Å². The van der Waals surface area contributed by atoms with Crippen LogP contribution in [0.2, 0.25) is 0 Å². The van der Waals surface area contributed by atoms with Crippen molar-refractivity contribution in [2.75, 3.05) is 39.8 Å². The number of carbonyl (C=O) groups is 2. The zero-order chi connectivity index (χ0) is 17.8. The van der Waals surface area contributed by atoms with Gasteiger partial charge in [-0.2, -0.15) is 5.10 Å². The third-order valence-electron chi connectivity index (χ3n) is 4.42. The lowest BCUT2D eigenvalue weighted by Crippen LogP contribution is -2.51. The summed E-state index contributed by atoms with van der Waals surface area (Å²) in [5, 5.41) is 7.26. The highest BCUT2D eigenvalue weighted by molar-refractivity contribution is 5.81. The first-order valence-corrected chi connectivity index (χ1v) is 8.24. The van der Waals surface area contributed by atoms with Crippen molar-refractivity contribution < 1.29 is 9.59 Å². The van der Waals surface area contributed by atoms with Crippen LogP contribution in [0.4, 0.5) is 0 Å². The van der Waals surface area contributed by atoms with Gasteiger partial charge in [-0.1, -0.05) is 12.1 Å². The molecule has 1 N–H and O–H groups in total. The van der Waals surface area contributed by atoms with E-state index in [4.69, 9.17) is 0 Å². The van der Waals surface area contributed by atoms with Crippen LogP contribution in [0.3, 0.4) is 0 Å². The summed E-state index contributed by atoms with van der Waals surface area (Å²) < 4.78 is 1.57. The zero-order valence-electron chi connectivity index (χ0n) is 14.1. The third kappa shape index (κ3) is 3.85. The van der Waals surface area contributed by atoms with Crippen molar-refractivity contribution >= 4 is 22.7 Å². The van der Waals surface area contributed by atoms with Crippen molar-refractivity contribution in [3.63, 3.8) is 0 Å². The Morgan fingerprint density at radius 2 is 1.84 bits per heavy atom. The molecule has 1 aliphatic rings. The molecule has 1 aliphatic heterocycles. The van der Waals surface area contributed by atoms with E-state index in [2.05, 4.69) is 10.4 Å². The molecule has 1 fully saturated rings. The molecule has 8 heteroatoms. The minimum absolute atomic E-state index is 0.0243. The number of carbonyl (C=O) groups excluding carboxylic acids is 2. The lowest BCUT2D eigenvalue weighted by Gasteiger charge is -2.34. The molecule has 0 saturated carbocycles. The standard InChI is InChI=1S/C17H21N5O3/c1-18-16(24)11-20-6-8-21(9-7-20)17(25)12-22-14-5-3-2-4-13(14)15(23)10-19-22/h2-5,10H,6-9,11-12H2,1H3,(H,18,24). The second-order valence-corrected chi connectivity index (χ2v) is 6.01. The van der Waals surface area contributed by atoms with Crippen molar-refractivity contribution in [1.82, 2.24) is 24.9 Å². The Balaban J connectivity index is 1.65. The van der Waals surface area contributed by atoms with Crippen LogP contribution in [0.1, 0.15) is 0 Å². The summed E-state index contributed by atoms with van der Waals surface area (Å²) in [6.07, 6.45) is 1.25. The van der Waals surface area contributed by atoms with E-state index < -0.39 is 0 Å². The molecule has 0 unspecified atom stereocenters. The number of amides is 2. The molecule has 2 amide bonds. The third-order valence-corrected chi connectivity index (χ3v) is 4.42. The summed E-state index contributed by atoms with van der Waals surface area (Å²) in [6, 6.07) is 7.14. The summed E-state index contributed by atoms with van der Waals surface area (Å²) in [7, 11) is 1.61. The molecule has 25 heavy (non-hydrogen) atoms. The van der Waals surface area contributed by atoms with Crippen LogP contribution < -0.4 is 10.7 Å². The molecule has 2 aromatic rings. The Morgan fingerprint density at radius 1 is 1.12 bits per heavy atom. The van der Waals surface area contributed by atoms with E-state index in [1.165, 1.54) is 6.20 Å². The van der Waals surface area contributed by atoms with Gasteiger partial charge >= 0.3 is 0 Å². The van der Waals surface area contributed by atoms with Crippen molar-refractivity contribution in [2.45, 2.75) is 6.54 Å². The quantitative estimate of drug-likeness (QED) is 0.792. The summed E-state index contributed by atoms with van der Waals surface area (Å²) in [6.45, 7) is 2.93. The van der Waals surface area contributed by atoms with Gasteiger partial charge in [-0.15, -0.1) is 0 Å². The predicted molar refractivity (Wildman–Crippen MR) is 93.1 cm³/mol. The van der Waals surface area contributed by atoms with Gasteiger partial charge in [0.2, 0.25) is 17.2 Å². The Bertz CT molecular complexity index is 840. The van der Waals surface area contributed by atoms with E-state index >= 15 is 0 Å².